The fourth-order valence-electron chi connectivity index (χ4n) is 3.17. The van der Waals surface area contributed by atoms with E-state index < -0.39 is 5.97 Å². The van der Waals surface area contributed by atoms with E-state index >= 15 is 0 Å². The number of carboxylic acids is 1. The van der Waals surface area contributed by atoms with Crippen LogP contribution in [0.5, 0.6) is 11.6 Å². The summed E-state index contributed by atoms with van der Waals surface area (Å²) in [6.07, 6.45) is 5.09. The van der Waals surface area contributed by atoms with Crippen molar-refractivity contribution in [2.75, 3.05) is 13.7 Å². The van der Waals surface area contributed by atoms with Gasteiger partial charge in [-0.3, -0.25) is 4.79 Å². The minimum atomic E-state index is -0.729. The first-order valence-electron chi connectivity index (χ1n) is 7.83. The number of ether oxygens (including phenoxy) is 2. The standard InChI is InChI=1S/C17H20N2O4/c1-22-12-6-7-15-14(8-12)16(19-10-18-15)23-9-11-4-2-3-5-13(11)17(20)21/h6-8,10-11,13H,2-5,9H2,1H3,(H,20,21). The Kier molecular flexibility index (Phi) is 4.60. The van der Waals surface area contributed by atoms with Gasteiger partial charge in [-0.25, -0.2) is 9.97 Å². The first kappa shape index (κ1) is 15.5. The van der Waals surface area contributed by atoms with E-state index in [0.29, 0.717) is 18.2 Å². The molecule has 1 heterocycles. The fourth-order valence-corrected chi connectivity index (χ4v) is 3.17. The molecule has 1 aliphatic rings. The van der Waals surface area contributed by atoms with E-state index in [9.17, 15) is 9.90 Å². The number of rotatable bonds is 5. The minimum absolute atomic E-state index is 0.0249. The van der Waals surface area contributed by atoms with Crippen molar-refractivity contribution in [1.29, 1.82) is 0 Å². The maximum Gasteiger partial charge on any atom is 0.306 e. The van der Waals surface area contributed by atoms with Crippen LogP contribution in [0.4, 0.5) is 0 Å². The highest BCUT2D eigenvalue weighted by molar-refractivity contribution is 5.84. The van der Waals surface area contributed by atoms with E-state index in [1.807, 2.05) is 18.2 Å². The predicted octanol–water partition coefficient (Wildman–Crippen LogP) is 2.91. The molecule has 0 amide bonds. The Hall–Kier alpha value is -2.37. The average Bonchev–Trinajstić information content (AvgIpc) is 2.59. The van der Waals surface area contributed by atoms with Gasteiger partial charge in [-0.05, 0) is 31.0 Å². The van der Waals surface area contributed by atoms with Crippen molar-refractivity contribution in [3.8, 4) is 11.6 Å². The molecule has 0 radical (unpaired) electrons. The number of carboxylic acid groups (broad SMARTS) is 1. The molecule has 0 bridgehead atoms. The molecule has 122 valence electrons. The number of fused-ring (bicyclic) bond motifs is 1. The van der Waals surface area contributed by atoms with Gasteiger partial charge < -0.3 is 14.6 Å². The van der Waals surface area contributed by atoms with Crippen LogP contribution >= 0.6 is 0 Å². The van der Waals surface area contributed by atoms with Gasteiger partial charge in [0.05, 0.1) is 30.5 Å². The van der Waals surface area contributed by atoms with Gasteiger partial charge in [-0.2, -0.15) is 0 Å². The third-order valence-electron chi connectivity index (χ3n) is 4.47. The third kappa shape index (κ3) is 3.36. The lowest BCUT2D eigenvalue weighted by Gasteiger charge is -2.28. The van der Waals surface area contributed by atoms with Gasteiger partial charge in [-0.15, -0.1) is 0 Å². The van der Waals surface area contributed by atoms with E-state index in [0.717, 1.165) is 36.6 Å². The molecule has 6 nitrogen and oxygen atoms in total. The Labute approximate surface area is 134 Å². The summed E-state index contributed by atoms with van der Waals surface area (Å²) in [7, 11) is 1.60. The van der Waals surface area contributed by atoms with E-state index in [1.54, 1.807) is 7.11 Å². The molecule has 6 heteroatoms. The van der Waals surface area contributed by atoms with E-state index in [1.165, 1.54) is 6.33 Å². The zero-order chi connectivity index (χ0) is 16.2. The SMILES string of the molecule is COc1ccc2ncnc(OCC3CCCCC3C(=O)O)c2c1. The number of methoxy groups -OCH3 is 1. The molecule has 0 spiro atoms. The summed E-state index contributed by atoms with van der Waals surface area (Å²) in [6.45, 7) is 0.361. The maximum absolute atomic E-state index is 11.4. The van der Waals surface area contributed by atoms with Gasteiger partial charge >= 0.3 is 5.97 Å². The average molecular weight is 316 g/mol. The maximum atomic E-state index is 11.4. The monoisotopic (exact) mass is 316 g/mol. The lowest BCUT2D eigenvalue weighted by Crippen LogP contribution is -2.31. The summed E-state index contributed by atoms with van der Waals surface area (Å²) >= 11 is 0. The second-order valence-electron chi connectivity index (χ2n) is 5.86. The lowest BCUT2D eigenvalue weighted by molar-refractivity contribution is -0.145. The predicted molar refractivity (Wildman–Crippen MR) is 84.7 cm³/mol. The number of aromatic nitrogens is 2. The molecule has 1 aliphatic carbocycles. The van der Waals surface area contributed by atoms with Crippen molar-refractivity contribution in [3.63, 3.8) is 0 Å². The molecule has 1 N–H and O–H groups in total. The molecule has 23 heavy (non-hydrogen) atoms. The molecule has 2 atom stereocenters. The number of benzene rings is 1. The van der Waals surface area contributed by atoms with E-state index in [2.05, 4.69) is 9.97 Å². The van der Waals surface area contributed by atoms with Crippen LogP contribution in [0.3, 0.4) is 0 Å². The van der Waals surface area contributed by atoms with Crippen LogP contribution in [-0.2, 0) is 4.79 Å². The van der Waals surface area contributed by atoms with E-state index in [-0.39, 0.29) is 11.8 Å². The topological polar surface area (TPSA) is 81.5 Å². The van der Waals surface area contributed by atoms with Crippen molar-refractivity contribution in [1.82, 2.24) is 9.97 Å². The molecule has 0 saturated heterocycles. The molecule has 3 rings (SSSR count). The summed E-state index contributed by atoms with van der Waals surface area (Å²) in [6, 6.07) is 5.52. The Bertz CT molecular complexity index is 704. The van der Waals surface area contributed by atoms with Gasteiger partial charge in [-0.1, -0.05) is 12.8 Å². The first-order chi connectivity index (χ1) is 11.2. The zero-order valence-electron chi connectivity index (χ0n) is 13.1. The highest BCUT2D eigenvalue weighted by Crippen LogP contribution is 2.32. The summed E-state index contributed by atoms with van der Waals surface area (Å²) in [5.74, 6) is 0.151. The molecule has 1 aromatic heterocycles. The zero-order valence-corrected chi connectivity index (χ0v) is 13.1. The first-order valence-corrected chi connectivity index (χ1v) is 7.83. The van der Waals surface area contributed by atoms with Crippen LogP contribution in [0, 0.1) is 11.8 Å². The van der Waals surface area contributed by atoms with Crippen molar-refractivity contribution >= 4 is 16.9 Å². The van der Waals surface area contributed by atoms with Crippen LogP contribution in [0.1, 0.15) is 25.7 Å². The molecule has 2 unspecified atom stereocenters. The minimum Gasteiger partial charge on any atom is -0.497 e. The van der Waals surface area contributed by atoms with Gasteiger partial charge in [0.1, 0.15) is 12.1 Å². The van der Waals surface area contributed by atoms with Crippen LogP contribution < -0.4 is 9.47 Å². The Balaban J connectivity index is 1.79. The molecule has 2 aromatic rings. The number of carbonyl (C=O) groups is 1. The fraction of sp³-hybridized carbons (Fsp3) is 0.471. The van der Waals surface area contributed by atoms with Gasteiger partial charge in [0.25, 0.3) is 0 Å². The van der Waals surface area contributed by atoms with Crippen molar-refractivity contribution in [3.05, 3.63) is 24.5 Å². The van der Waals surface area contributed by atoms with Crippen LogP contribution in [0.2, 0.25) is 0 Å². The van der Waals surface area contributed by atoms with Gasteiger partial charge in [0.2, 0.25) is 5.88 Å². The second kappa shape index (κ2) is 6.81. The van der Waals surface area contributed by atoms with Crippen molar-refractivity contribution in [2.45, 2.75) is 25.7 Å². The lowest BCUT2D eigenvalue weighted by atomic mass is 9.80. The van der Waals surface area contributed by atoms with Crippen LogP contribution in [0.25, 0.3) is 10.9 Å². The molecular formula is C17H20N2O4. The van der Waals surface area contributed by atoms with E-state index in [4.69, 9.17) is 9.47 Å². The van der Waals surface area contributed by atoms with Crippen molar-refractivity contribution in [2.24, 2.45) is 11.8 Å². The van der Waals surface area contributed by atoms with Crippen LogP contribution in [0.15, 0.2) is 24.5 Å². The number of nitrogens with zero attached hydrogens (tertiary/aromatic N) is 2. The summed E-state index contributed by atoms with van der Waals surface area (Å²) in [5, 5.41) is 10.1. The quantitative estimate of drug-likeness (QED) is 0.913. The number of aliphatic carboxylic acids is 1. The molecule has 1 fully saturated rings. The third-order valence-corrected chi connectivity index (χ3v) is 4.47. The molecular weight excluding hydrogens is 296 g/mol. The Morgan fingerprint density at radius 1 is 1.30 bits per heavy atom. The Morgan fingerprint density at radius 3 is 2.91 bits per heavy atom. The summed E-state index contributed by atoms with van der Waals surface area (Å²) in [4.78, 5) is 19.8. The highest BCUT2D eigenvalue weighted by atomic mass is 16.5. The normalized spacial score (nSPS) is 21.1. The highest BCUT2D eigenvalue weighted by Gasteiger charge is 2.31. The largest absolute Gasteiger partial charge is 0.497 e. The summed E-state index contributed by atoms with van der Waals surface area (Å²) < 4.78 is 11.1. The van der Waals surface area contributed by atoms with Gasteiger partial charge in [0, 0.05) is 5.92 Å². The smallest absolute Gasteiger partial charge is 0.306 e. The molecule has 0 aliphatic heterocycles. The second-order valence-corrected chi connectivity index (χ2v) is 5.86. The Morgan fingerprint density at radius 2 is 2.13 bits per heavy atom. The van der Waals surface area contributed by atoms with Crippen molar-refractivity contribution < 1.29 is 19.4 Å². The van der Waals surface area contributed by atoms with Crippen LogP contribution in [-0.4, -0.2) is 34.8 Å². The number of hydrogen-bond acceptors (Lipinski definition) is 5. The summed E-state index contributed by atoms with van der Waals surface area (Å²) in [5.41, 5.74) is 0.772. The molecule has 1 aromatic carbocycles. The van der Waals surface area contributed by atoms with Gasteiger partial charge in [0.15, 0.2) is 0 Å². The number of hydrogen-bond donors (Lipinski definition) is 1. The molecule has 1 saturated carbocycles.